The van der Waals surface area contributed by atoms with Crippen LogP contribution in [-0.4, -0.2) is 41.5 Å². The summed E-state index contributed by atoms with van der Waals surface area (Å²) in [6.45, 7) is 7.46. The van der Waals surface area contributed by atoms with Gasteiger partial charge in [-0.3, -0.25) is 9.59 Å². The van der Waals surface area contributed by atoms with Crippen molar-refractivity contribution in [2.24, 2.45) is 0 Å². The maximum absolute atomic E-state index is 13.3. The number of Topliss-reactive ketones (excluding diaryl/α,β-unsaturated/α-hetero) is 1. The first-order valence-electron chi connectivity index (χ1n) is 12.9. The van der Waals surface area contributed by atoms with Crippen LogP contribution in [-0.2, 0) is 16.1 Å². The predicted molar refractivity (Wildman–Crippen MR) is 142 cm³/mol. The molecule has 1 unspecified atom stereocenters. The van der Waals surface area contributed by atoms with Crippen LogP contribution < -0.4 is 14.2 Å². The summed E-state index contributed by atoms with van der Waals surface area (Å²) in [6.07, 6.45) is 3.21. The van der Waals surface area contributed by atoms with Gasteiger partial charge in [-0.15, -0.1) is 0 Å². The number of hydrogen-bond acceptors (Lipinski definition) is 7. The van der Waals surface area contributed by atoms with Crippen molar-refractivity contribution in [1.29, 1.82) is 0 Å². The van der Waals surface area contributed by atoms with Crippen LogP contribution in [0, 0.1) is 0 Å². The molecular formula is C30H33NO7. The minimum Gasteiger partial charge on any atom is -0.507 e. The fourth-order valence-electron chi connectivity index (χ4n) is 4.34. The number of aliphatic hydroxyl groups is 1. The van der Waals surface area contributed by atoms with E-state index in [4.69, 9.17) is 18.6 Å². The van der Waals surface area contributed by atoms with Crippen molar-refractivity contribution in [3.8, 4) is 17.2 Å². The molecule has 0 saturated carbocycles. The molecule has 1 N–H and O–H groups in total. The van der Waals surface area contributed by atoms with Crippen LogP contribution in [0.3, 0.4) is 0 Å². The number of ketones is 1. The van der Waals surface area contributed by atoms with Crippen molar-refractivity contribution in [2.75, 3.05) is 19.8 Å². The van der Waals surface area contributed by atoms with Gasteiger partial charge >= 0.3 is 0 Å². The highest BCUT2D eigenvalue weighted by Crippen LogP contribution is 2.43. The Kier molecular flexibility index (Phi) is 8.73. The Morgan fingerprint density at radius 3 is 2.32 bits per heavy atom. The fraction of sp³-hybridized carbons (Fsp3) is 0.333. The quantitative estimate of drug-likeness (QED) is 0.181. The zero-order chi connectivity index (χ0) is 27.1. The monoisotopic (exact) mass is 519 g/mol. The lowest BCUT2D eigenvalue weighted by Gasteiger charge is -2.25. The Morgan fingerprint density at radius 2 is 1.66 bits per heavy atom. The Bertz CT molecular complexity index is 1280. The second-order valence-electron chi connectivity index (χ2n) is 8.87. The Hall–Kier alpha value is -4.20. The van der Waals surface area contributed by atoms with Gasteiger partial charge in [0, 0.05) is 5.56 Å². The van der Waals surface area contributed by atoms with Crippen LogP contribution in [0.2, 0.25) is 0 Å². The van der Waals surface area contributed by atoms with Crippen molar-refractivity contribution in [3.63, 3.8) is 0 Å². The van der Waals surface area contributed by atoms with E-state index in [0.717, 1.165) is 12.8 Å². The van der Waals surface area contributed by atoms with E-state index in [1.807, 2.05) is 20.8 Å². The van der Waals surface area contributed by atoms with Gasteiger partial charge < -0.3 is 28.6 Å². The third kappa shape index (κ3) is 5.69. The smallest absolute Gasteiger partial charge is 0.296 e. The lowest BCUT2D eigenvalue weighted by atomic mass is 9.95. The van der Waals surface area contributed by atoms with Crippen molar-refractivity contribution in [1.82, 2.24) is 4.90 Å². The van der Waals surface area contributed by atoms with Crippen molar-refractivity contribution in [3.05, 3.63) is 83.3 Å². The first kappa shape index (κ1) is 26.9. The van der Waals surface area contributed by atoms with Crippen LogP contribution in [0.25, 0.3) is 5.76 Å². The predicted octanol–water partition coefficient (Wildman–Crippen LogP) is 5.88. The van der Waals surface area contributed by atoms with Gasteiger partial charge in [-0.05, 0) is 73.9 Å². The summed E-state index contributed by atoms with van der Waals surface area (Å²) < 4.78 is 22.8. The van der Waals surface area contributed by atoms with Gasteiger partial charge in [-0.2, -0.15) is 0 Å². The van der Waals surface area contributed by atoms with Gasteiger partial charge in [0.2, 0.25) is 0 Å². The standard InChI is InChI=1S/C30H33NO7/c1-4-15-36-22-12-9-20(10-13-22)28(32)26-27(31(30(34)29(26)33)19-23-8-7-17-37-23)21-11-14-24(38-16-5-2)25(18-21)35-6-3/h7-14,17-18,27,32H,4-6,15-16,19H2,1-3H3. The first-order chi connectivity index (χ1) is 18.5. The molecule has 1 aliphatic rings. The lowest BCUT2D eigenvalue weighted by Crippen LogP contribution is -2.29. The molecule has 1 amide bonds. The molecule has 2 aromatic carbocycles. The second kappa shape index (κ2) is 12.4. The van der Waals surface area contributed by atoms with Crippen molar-refractivity contribution < 1.29 is 33.3 Å². The number of amides is 1. The molecule has 4 rings (SSSR count). The van der Waals surface area contributed by atoms with E-state index in [1.165, 1.54) is 11.2 Å². The zero-order valence-electron chi connectivity index (χ0n) is 21.9. The second-order valence-corrected chi connectivity index (χ2v) is 8.87. The van der Waals surface area contributed by atoms with E-state index in [1.54, 1.807) is 54.6 Å². The number of hydrogen-bond donors (Lipinski definition) is 1. The topological polar surface area (TPSA) is 98.4 Å². The highest BCUT2D eigenvalue weighted by atomic mass is 16.5. The maximum Gasteiger partial charge on any atom is 0.296 e. The summed E-state index contributed by atoms with van der Waals surface area (Å²) in [5.74, 6) is 0.489. The summed E-state index contributed by atoms with van der Waals surface area (Å²) in [7, 11) is 0. The number of aliphatic hydroxyl groups excluding tert-OH is 1. The summed E-state index contributed by atoms with van der Waals surface area (Å²) in [5, 5.41) is 11.4. The van der Waals surface area contributed by atoms with Gasteiger partial charge in [-0.25, -0.2) is 0 Å². The molecule has 0 bridgehead atoms. The van der Waals surface area contributed by atoms with Gasteiger partial charge in [0.1, 0.15) is 17.3 Å². The van der Waals surface area contributed by atoms with Crippen LogP contribution in [0.4, 0.5) is 0 Å². The number of furan rings is 1. The highest BCUT2D eigenvalue weighted by molar-refractivity contribution is 6.46. The first-order valence-corrected chi connectivity index (χ1v) is 12.9. The normalized spacial score (nSPS) is 16.6. The fourth-order valence-corrected chi connectivity index (χ4v) is 4.34. The Labute approximate surface area is 222 Å². The molecule has 1 aromatic heterocycles. The van der Waals surface area contributed by atoms with Gasteiger partial charge in [0.05, 0.1) is 44.2 Å². The molecule has 8 heteroatoms. The van der Waals surface area contributed by atoms with Crippen molar-refractivity contribution >= 4 is 17.4 Å². The van der Waals surface area contributed by atoms with Crippen LogP contribution in [0.15, 0.2) is 70.9 Å². The van der Waals surface area contributed by atoms with Crippen LogP contribution in [0.5, 0.6) is 17.2 Å². The largest absolute Gasteiger partial charge is 0.507 e. The summed E-state index contributed by atoms with van der Waals surface area (Å²) in [6, 6.07) is 14.7. The van der Waals surface area contributed by atoms with Gasteiger partial charge in [0.25, 0.3) is 11.7 Å². The van der Waals surface area contributed by atoms with Crippen LogP contribution in [0.1, 0.15) is 56.5 Å². The molecule has 200 valence electrons. The zero-order valence-corrected chi connectivity index (χ0v) is 21.9. The average Bonchev–Trinajstić information content (AvgIpc) is 3.53. The van der Waals surface area contributed by atoms with Gasteiger partial charge in [-0.1, -0.05) is 19.9 Å². The number of benzene rings is 2. The summed E-state index contributed by atoms with van der Waals surface area (Å²) >= 11 is 0. The third-order valence-corrected chi connectivity index (χ3v) is 6.09. The third-order valence-electron chi connectivity index (χ3n) is 6.09. The molecule has 2 heterocycles. The van der Waals surface area contributed by atoms with E-state index in [-0.39, 0.29) is 17.9 Å². The number of likely N-dealkylation sites (tertiary alicyclic amines) is 1. The summed E-state index contributed by atoms with van der Waals surface area (Å²) in [5.41, 5.74) is 1.00. The molecule has 1 fully saturated rings. The SMILES string of the molecule is CCCOc1ccc(C(O)=C2C(=O)C(=O)N(Cc3ccco3)C2c2ccc(OCCC)c(OCC)c2)cc1. The number of carbonyl (C=O) groups is 2. The van der Waals surface area contributed by atoms with E-state index >= 15 is 0 Å². The molecule has 1 saturated heterocycles. The van der Waals surface area contributed by atoms with Gasteiger partial charge in [0.15, 0.2) is 11.5 Å². The number of ether oxygens (including phenoxy) is 3. The van der Waals surface area contributed by atoms with Crippen LogP contribution >= 0.6 is 0 Å². The molecule has 1 atom stereocenters. The molecule has 0 aliphatic carbocycles. The van der Waals surface area contributed by atoms with E-state index in [0.29, 0.717) is 54.0 Å². The average molecular weight is 520 g/mol. The minimum atomic E-state index is -0.865. The lowest BCUT2D eigenvalue weighted by molar-refractivity contribution is -0.140. The molecule has 8 nitrogen and oxygen atoms in total. The maximum atomic E-state index is 13.3. The molecule has 0 spiro atoms. The van der Waals surface area contributed by atoms with E-state index in [2.05, 4.69) is 0 Å². The molecule has 0 radical (unpaired) electrons. The summed E-state index contributed by atoms with van der Waals surface area (Å²) in [4.78, 5) is 28.0. The molecule has 3 aromatic rings. The molecule has 38 heavy (non-hydrogen) atoms. The Balaban J connectivity index is 1.80. The van der Waals surface area contributed by atoms with Crippen molar-refractivity contribution in [2.45, 2.75) is 46.2 Å². The number of rotatable bonds is 12. The number of nitrogens with zero attached hydrogens (tertiary/aromatic N) is 1. The highest BCUT2D eigenvalue weighted by Gasteiger charge is 2.46. The number of carbonyl (C=O) groups excluding carboxylic acids is 2. The molecular weight excluding hydrogens is 486 g/mol. The van der Waals surface area contributed by atoms with E-state index < -0.39 is 17.7 Å². The van der Waals surface area contributed by atoms with E-state index in [9.17, 15) is 14.7 Å². The minimum absolute atomic E-state index is 0.00606. The molecule has 1 aliphatic heterocycles. The Morgan fingerprint density at radius 1 is 0.921 bits per heavy atom.